The first-order valence-corrected chi connectivity index (χ1v) is 7.95. The number of aryl methyl sites for hydroxylation is 1. The Morgan fingerprint density at radius 2 is 1.53 bits per heavy atom. The summed E-state index contributed by atoms with van der Waals surface area (Å²) in [6.45, 7) is 2.25. The lowest BCUT2D eigenvalue weighted by molar-refractivity contribution is 0.563. The van der Waals surface area contributed by atoms with Crippen molar-refractivity contribution in [3.8, 4) is 0 Å². The molecule has 1 aromatic heterocycles. The molecule has 0 bridgehead atoms. The number of rotatable bonds is 10. The molecule has 2 N–H and O–H groups in total. The Balaban J connectivity index is 2.04. The van der Waals surface area contributed by atoms with Crippen LogP contribution in [0.1, 0.15) is 70.4 Å². The minimum atomic E-state index is -0.102. The molecule has 0 saturated heterocycles. The fourth-order valence-electron chi connectivity index (χ4n) is 2.28. The summed E-state index contributed by atoms with van der Waals surface area (Å²) < 4.78 is 0.429. The summed E-state index contributed by atoms with van der Waals surface area (Å²) >= 11 is 4.95. The van der Waals surface area contributed by atoms with Crippen LogP contribution in [0.3, 0.4) is 0 Å². The molecule has 19 heavy (non-hydrogen) atoms. The fraction of sp³-hybridized carbons (Fsp3) is 0.733. The molecule has 0 unspecified atom stereocenters. The van der Waals surface area contributed by atoms with Crippen molar-refractivity contribution in [2.24, 2.45) is 0 Å². The molecular formula is C15H26N2OS. The second-order valence-corrected chi connectivity index (χ2v) is 5.60. The molecule has 3 nitrogen and oxygen atoms in total. The first-order valence-electron chi connectivity index (χ1n) is 7.55. The van der Waals surface area contributed by atoms with E-state index in [9.17, 15) is 4.79 Å². The van der Waals surface area contributed by atoms with Gasteiger partial charge in [-0.3, -0.25) is 9.78 Å². The predicted octanol–water partition coefficient (Wildman–Crippen LogP) is 4.51. The molecule has 4 heteroatoms. The predicted molar refractivity (Wildman–Crippen MR) is 83.2 cm³/mol. The molecule has 0 fully saturated rings. The summed E-state index contributed by atoms with van der Waals surface area (Å²) in [5, 5.41) is 0. The van der Waals surface area contributed by atoms with E-state index < -0.39 is 0 Å². The van der Waals surface area contributed by atoms with E-state index in [1.807, 2.05) is 0 Å². The van der Waals surface area contributed by atoms with Crippen LogP contribution in [0.15, 0.2) is 10.9 Å². The maximum absolute atomic E-state index is 11.2. The van der Waals surface area contributed by atoms with E-state index in [0.29, 0.717) is 4.77 Å². The molecule has 0 atom stereocenters. The maximum Gasteiger partial charge on any atom is 0.251 e. The topological polar surface area (TPSA) is 48.6 Å². The zero-order valence-electron chi connectivity index (χ0n) is 12.0. The van der Waals surface area contributed by atoms with Gasteiger partial charge in [-0.15, -0.1) is 0 Å². The van der Waals surface area contributed by atoms with Gasteiger partial charge in [0.1, 0.15) is 0 Å². The lowest BCUT2D eigenvalue weighted by Crippen LogP contribution is -2.08. The van der Waals surface area contributed by atoms with Crippen LogP contribution in [0.2, 0.25) is 0 Å². The third-order valence-electron chi connectivity index (χ3n) is 3.37. The molecule has 1 heterocycles. The molecule has 108 valence electrons. The third kappa shape index (κ3) is 7.98. The van der Waals surface area contributed by atoms with Crippen molar-refractivity contribution in [1.29, 1.82) is 0 Å². The Kier molecular flexibility index (Phi) is 8.47. The standard InChI is InChI=1S/C15H26N2OS/c1-2-3-4-5-6-7-8-9-10-11-13-12-14(18)17-15(19)16-13/h12H,2-11H2,1H3,(H2,16,17,18,19). The highest BCUT2D eigenvalue weighted by Crippen LogP contribution is 2.10. The van der Waals surface area contributed by atoms with Gasteiger partial charge in [0, 0.05) is 11.8 Å². The van der Waals surface area contributed by atoms with E-state index in [4.69, 9.17) is 12.2 Å². The Hall–Kier alpha value is -0.900. The minimum absolute atomic E-state index is 0.102. The molecule has 0 aliphatic rings. The van der Waals surface area contributed by atoms with Crippen LogP contribution < -0.4 is 5.56 Å². The first-order chi connectivity index (χ1) is 9.22. The molecule has 0 aliphatic heterocycles. The van der Waals surface area contributed by atoms with E-state index in [2.05, 4.69) is 16.9 Å². The van der Waals surface area contributed by atoms with Crippen molar-refractivity contribution in [2.45, 2.75) is 71.1 Å². The van der Waals surface area contributed by atoms with Gasteiger partial charge in [-0.05, 0) is 25.1 Å². The van der Waals surface area contributed by atoms with Gasteiger partial charge >= 0.3 is 0 Å². The van der Waals surface area contributed by atoms with E-state index >= 15 is 0 Å². The van der Waals surface area contributed by atoms with Crippen molar-refractivity contribution < 1.29 is 0 Å². The molecule has 0 radical (unpaired) electrons. The number of unbranched alkanes of at least 4 members (excludes halogenated alkanes) is 8. The van der Waals surface area contributed by atoms with Crippen LogP contribution in [0, 0.1) is 4.77 Å². The Morgan fingerprint density at radius 3 is 2.11 bits per heavy atom. The van der Waals surface area contributed by atoms with Crippen LogP contribution >= 0.6 is 12.2 Å². The first kappa shape index (κ1) is 16.2. The van der Waals surface area contributed by atoms with Crippen LogP contribution in [0.4, 0.5) is 0 Å². The number of nitrogens with one attached hydrogen (secondary N) is 2. The van der Waals surface area contributed by atoms with Crippen molar-refractivity contribution in [3.63, 3.8) is 0 Å². The minimum Gasteiger partial charge on any atom is -0.336 e. The summed E-state index contributed by atoms with van der Waals surface area (Å²) in [5.41, 5.74) is 0.853. The number of aromatic nitrogens is 2. The van der Waals surface area contributed by atoms with Gasteiger partial charge in [-0.2, -0.15) is 0 Å². The van der Waals surface area contributed by atoms with Crippen molar-refractivity contribution in [2.75, 3.05) is 0 Å². The third-order valence-corrected chi connectivity index (χ3v) is 3.57. The second-order valence-electron chi connectivity index (χ2n) is 5.19. The van der Waals surface area contributed by atoms with Gasteiger partial charge in [0.25, 0.3) is 5.56 Å². The van der Waals surface area contributed by atoms with Gasteiger partial charge in [0.2, 0.25) is 0 Å². The highest BCUT2D eigenvalue weighted by atomic mass is 32.1. The SMILES string of the molecule is CCCCCCCCCCCc1cc(=O)[nH]c(=S)[nH]1. The van der Waals surface area contributed by atoms with E-state index in [1.165, 1.54) is 51.4 Å². The van der Waals surface area contributed by atoms with E-state index in [1.54, 1.807) is 6.07 Å². The fourth-order valence-corrected chi connectivity index (χ4v) is 2.51. The molecular weight excluding hydrogens is 256 g/mol. The van der Waals surface area contributed by atoms with Gasteiger partial charge < -0.3 is 4.98 Å². The van der Waals surface area contributed by atoms with Gasteiger partial charge in [-0.1, -0.05) is 58.3 Å². The maximum atomic E-state index is 11.2. The summed E-state index contributed by atoms with van der Waals surface area (Å²) in [7, 11) is 0. The lowest BCUT2D eigenvalue weighted by atomic mass is 10.1. The summed E-state index contributed by atoms with van der Waals surface area (Å²) in [5.74, 6) is 0. The quantitative estimate of drug-likeness (QED) is 0.490. The Labute approximate surface area is 120 Å². The highest BCUT2D eigenvalue weighted by Gasteiger charge is 1.96. The normalized spacial score (nSPS) is 10.8. The zero-order chi connectivity index (χ0) is 13.9. The van der Waals surface area contributed by atoms with Crippen molar-refractivity contribution in [1.82, 2.24) is 9.97 Å². The van der Waals surface area contributed by atoms with Crippen molar-refractivity contribution in [3.05, 3.63) is 26.9 Å². The molecule has 1 rings (SSSR count). The van der Waals surface area contributed by atoms with Crippen LogP contribution in [0.5, 0.6) is 0 Å². The molecule has 0 amide bonds. The smallest absolute Gasteiger partial charge is 0.251 e. The summed E-state index contributed by atoms with van der Waals surface area (Å²) in [6.07, 6.45) is 12.8. The van der Waals surface area contributed by atoms with Gasteiger partial charge in [0.05, 0.1) is 0 Å². The Morgan fingerprint density at radius 1 is 0.947 bits per heavy atom. The molecule has 0 aliphatic carbocycles. The van der Waals surface area contributed by atoms with Crippen molar-refractivity contribution >= 4 is 12.2 Å². The average molecular weight is 282 g/mol. The Bertz CT molecular complexity index is 422. The molecule has 0 saturated carbocycles. The zero-order valence-corrected chi connectivity index (χ0v) is 12.8. The monoisotopic (exact) mass is 282 g/mol. The second kappa shape index (κ2) is 9.96. The highest BCUT2D eigenvalue weighted by molar-refractivity contribution is 7.71. The largest absolute Gasteiger partial charge is 0.336 e. The average Bonchev–Trinajstić information content (AvgIpc) is 2.36. The molecule has 0 aromatic carbocycles. The van der Waals surface area contributed by atoms with Crippen LogP contribution in [0.25, 0.3) is 0 Å². The van der Waals surface area contributed by atoms with Crippen LogP contribution in [-0.2, 0) is 6.42 Å². The van der Waals surface area contributed by atoms with Gasteiger partial charge in [0.15, 0.2) is 4.77 Å². The molecule has 0 spiro atoms. The van der Waals surface area contributed by atoms with E-state index in [0.717, 1.165) is 18.5 Å². The number of hydrogen-bond donors (Lipinski definition) is 2. The number of aromatic amines is 2. The molecule has 1 aromatic rings. The number of hydrogen-bond acceptors (Lipinski definition) is 2. The summed E-state index contributed by atoms with van der Waals surface area (Å²) in [4.78, 5) is 16.8. The van der Waals surface area contributed by atoms with E-state index in [-0.39, 0.29) is 5.56 Å². The van der Waals surface area contributed by atoms with Crippen LogP contribution in [-0.4, -0.2) is 9.97 Å². The lowest BCUT2D eigenvalue weighted by Gasteiger charge is -2.02. The number of H-pyrrole nitrogens is 2. The van der Waals surface area contributed by atoms with Gasteiger partial charge in [-0.25, -0.2) is 0 Å². The summed E-state index contributed by atoms with van der Waals surface area (Å²) in [6, 6.07) is 1.61.